The van der Waals surface area contributed by atoms with E-state index >= 15 is 0 Å². The number of aromatic nitrogens is 2. The number of pyridine rings is 2. The Bertz CT molecular complexity index is 752. The van der Waals surface area contributed by atoms with Crippen LogP contribution in [0.3, 0.4) is 0 Å². The molecule has 0 bridgehead atoms. The fourth-order valence-corrected chi connectivity index (χ4v) is 3.54. The van der Waals surface area contributed by atoms with Gasteiger partial charge in [-0.2, -0.15) is 0 Å². The maximum atomic E-state index is 12.3. The summed E-state index contributed by atoms with van der Waals surface area (Å²) in [6.07, 6.45) is 3.69. The number of ether oxygens (including phenoxy) is 1. The molecule has 3 heterocycles. The first-order valence-corrected chi connectivity index (χ1v) is 8.63. The van der Waals surface area contributed by atoms with Gasteiger partial charge in [0.05, 0.1) is 0 Å². The molecule has 0 amide bonds. The number of rotatable bonds is 6. The normalized spacial score (nSPS) is 18.0. The van der Waals surface area contributed by atoms with Crippen molar-refractivity contribution in [3.05, 3.63) is 46.8 Å². The second-order valence-corrected chi connectivity index (χ2v) is 6.43. The molecule has 2 aromatic heterocycles. The third-order valence-corrected chi connectivity index (χ3v) is 4.96. The van der Waals surface area contributed by atoms with Gasteiger partial charge in [0.2, 0.25) is 5.88 Å². The van der Waals surface area contributed by atoms with E-state index in [4.69, 9.17) is 4.74 Å². The summed E-state index contributed by atoms with van der Waals surface area (Å²) in [5.41, 5.74) is 4.64. The van der Waals surface area contributed by atoms with Crippen molar-refractivity contribution in [1.29, 1.82) is 0 Å². The number of alkyl halides is 1. The lowest BCUT2D eigenvalue weighted by molar-refractivity contribution is 0.168. The van der Waals surface area contributed by atoms with Gasteiger partial charge >= 0.3 is 0 Å². The maximum absolute atomic E-state index is 12.3. The van der Waals surface area contributed by atoms with E-state index < -0.39 is 6.67 Å². The van der Waals surface area contributed by atoms with Gasteiger partial charge in [0.1, 0.15) is 19.1 Å². The van der Waals surface area contributed by atoms with Gasteiger partial charge < -0.3 is 10.1 Å². The third-order valence-electron chi connectivity index (χ3n) is 4.96. The summed E-state index contributed by atoms with van der Waals surface area (Å²) in [4.78, 5) is 11.2. The van der Waals surface area contributed by atoms with Crippen LogP contribution in [0, 0.1) is 6.92 Å². The number of nitrogens with zero attached hydrogens (tertiary/aromatic N) is 3. The molecule has 2 atom stereocenters. The standard InChI is InChI=1S/C19H25FN4O/c1-12-9-15(10-23-19(12)25-8-6-20)13(2)24-11-17-16(14(24)3)5-7-22-18(17)21-4/h5,7,9-10,13-14H,6,8,11H2,1-4H3,(H,21,22). The van der Waals surface area contributed by atoms with Crippen molar-refractivity contribution in [2.75, 3.05) is 25.6 Å². The van der Waals surface area contributed by atoms with Crippen molar-refractivity contribution in [2.24, 2.45) is 0 Å². The lowest BCUT2D eigenvalue weighted by atomic mass is 10.1. The van der Waals surface area contributed by atoms with Crippen molar-refractivity contribution in [3.8, 4) is 5.88 Å². The number of hydrogen-bond donors (Lipinski definition) is 1. The second kappa shape index (κ2) is 7.35. The van der Waals surface area contributed by atoms with Crippen molar-refractivity contribution >= 4 is 5.82 Å². The first kappa shape index (κ1) is 17.6. The molecule has 1 aliphatic rings. The Labute approximate surface area is 148 Å². The predicted molar refractivity (Wildman–Crippen MR) is 96.6 cm³/mol. The minimum absolute atomic E-state index is 0.0427. The average molecular weight is 344 g/mol. The molecule has 2 aromatic rings. The summed E-state index contributed by atoms with van der Waals surface area (Å²) in [5, 5.41) is 3.19. The van der Waals surface area contributed by atoms with E-state index in [1.54, 1.807) is 0 Å². The SMILES string of the molecule is CNc1nccc2c1CN(C(C)c1cnc(OCCF)c(C)c1)C2C. The Hall–Kier alpha value is -2.21. The third kappa shape index (κ3) is 3.31. The molecule has 0 aromatic carbocycles. The molecule has 2 unspecified atom stereocenters. The van der Waals surface area contributed by atoms with Crippen LogP contribution in [0.5, 0.6) is 5.88 Å². The Morgan fingerprint density at radius 1 is 1.44 bits per heavy atom. The maximum Gasteiger partial charge on any atom is 0.216 e. The number of nitrogens with one attached hydrogen (secondary N) is 1. The van der Waals surface area contributed by atoms with Gasteiger partial charge in [0, 0.05) is 49.2 Å². The van der Waals surface area contributed by atoms with E-state index in [1.807, 2.05) is 26.4 Å². The topological polar surface area (TPSA) is 50.3 Å². The zero-order chi connectivity index (χ0) is 18.0. The van der Waals surface area contributed by atoms with Crippen LogP contribution in [0.25, 0.3) is 0 Å². The lowest BCUT2D eigenvalue weighted by Gasteiger charge is -2.29. The van der Waals surface area contributed by atoms with Gasteiger partial charge in [0.25, 0.3) is 0 Å². The highest BCUT2D eigenvalue weighted by Gasteiger charge is 2.32. The van der Waals surface area contributed by atoms with E-state index in [0.29, 0.717) is 11.9 Å². The summed E-state index contributed by atoms with van der Waals surface area (Å²) >= 11 is 0. The van der Waals surface area contributed by atoms with E-state index in [2.05, 4.69) is 46.2 Å². The molecule has 0 saturated heterocycles. The molecule has 0 aliphatic carbocycles. The number of hydrogen-bond acceptors (Lipinski definition) is 5. The van der Waals surface area contributed by atoms with Gasteiger partial charge in [-0.3, -0.25) is 4.90 Å². The first-order chi connectivity index (χ1) is 12.1. The minimum Gasteiger partial charge on any atom is -0.475 e. The Morgan fingerprint density at radius 3 is 2.92 bits per heavy atom. The van der Waals surface area contributed by atoms with Crippen molar-refractivity contribution < 1.29 is 9.13 Å². The number of aryl methyl sites for hydroxylation is 1. The van der Waals surface area contributed by atoms with Crippen LogP contribution < -0.4 is 10.1 Å². The molecule has 0 radical (unpaired) electrons. The van der Waals surface area contributed by atoms with Gasteiger partial charge in [-0.1, -0.05) is 0 Å². The highest BCUT2D eigenvalue weighted by Crippen LogP contribution is 2.41. The smallest absolute Gasteiger partial charge is 0.216 e. The van der Waals surface area contributed by atoms with Crippen molar-refractivity contribution in [1.82, 2.24) is 14.9 Å². The average Bonchev–Trinajstić information content (AvgIpc) is 2.97. The number of anilines is 1. The van der Waals surface area contributed by atoms with Crippen LogP contribution >= 0.6 is 0 Å². The molecule has 3 rings (SSSR count). The molecule has 1 N–H and O–H groups in total. The van der Waals surface area contributed by atoms with Crippen LogP contribution in [0.15, 0.2) is 24.5 Å². The van der Waals surface area contributed by atoms with Crippen LogP contribution in [0.4, 0.5) is 10.2 Å². The molecular weight excluding hydrogens is 319 g/mol. The highest BCUT2D eigenvalue weighted by molar-refractivity contribution is 5.51. The molecule has 25 heavy (non-hydrogen) atoms. The van der Waals surface area contributed by atoms with Crippen LogP contribution in [0.2, 0.25) is 0 Å². The summed E-state index contributed by atoms with van der Waals surface area (Å²) in [6, 6.07) is 4.69. The summed E-state index contributed by atoms with van der Waals surface area (Å²) in [6.45, 7) is 6.74. The van der Waals surface area contributed by atoms with Crippen molar-refractivity contribution in [3.63, 3.8) is 0 Å². The largest absolute Gasteiger partial charge is 0.475 e. The van der Waals surface area contributed by atoms with Gasteiger partial charge in [-0.15, -0.1) is 0 Å². The summed E-state index contributed by atoms with van der Waals surface area (Å²) in [5.74, 6) is 1.45. The number of halogens is 1. The van der Waals surface area contributed by atoms with Gasteiger partial charge in [0.15, 0.2) is 0 Å². The molecule has 0 saturated carbocycles. The molecule has 6 heteroatoms. The molecule has 134 valence electrons. The van der Waals surface area contributed by atoms with E-state index in [9.17, 15) is 4.39 Å². The molecule has 1 aliphatic heterocycles. The van der Waals surface area contributed by atoms with Crippen LogP contribution in [-0.2, 0) is 6.54 Å². The lowest BCUT2D eigenvalue weighted by Crippen LogP contribution is -2.24. The molecule has 0 fully saturated rings. The summed E-state index contributed by atoms with van der Waals surface area (Å²) in [7, 11) is 1.91. The fourth-order valence-electron chi connectivity index (χ4n) is 3.54. The zero-order valence-corrected chi connectivity index (χ0v) is 15.2. The molecular formula is C19H25FN4O. The van der Waals surface area contributed by atoms with E-state index in [0.717, 1.165) is 23.5 Å². The predicted octanol–water partition coefficient (Wildman–Crippen LogP) is 3.81. The Balaban J connectivity index is 1.82. The quantitative estimate of drug-likeness (QED) is 0.863. The fraction of sp³-hybridized carbons (Fsp3) is 0.474. The highest BCUT2D eigenvalue weighted by atomic mass is 19.1. The Morgan fingerprint density at radius 2 is 2.24 bits per heavy atom. The first-order valence-electron chi connectivity index (χ1n) is 8.63. The number of fused-ring (bicyclic) bond motifs is 1. The second-order valence-electron chi connectivity index (χ2n) is 6.43. The van der Waals surface area contributed by atoms with Crippen molar-refractivity contribution in [2.45, 2.75) is 39.4 Å². The monoisotopic (exact) mass is 344 g/mol. The molecule has 5 nitrogen and oxygen atoms in total. The van der Waals surface area contributed by atoms with Crippen LogP contribution in [-0.4, -0.2) is 35.2 Å². The van der Waals surface area contributed by atoms with Gasteiger partial charge in [-0.25, -0.2) is 14.4 Å². The minimum atomic E-state index is -0.509. The summed E-state index contributed by atoms with van der Waals surface area (Å²) < 4.78 is 17.6. The van der Waals surface area contributed by atoms with Gasteiger partial charge in [-0.05, 0) is 44.0 Å². The molecule has 0 spiro atoms. The van der Waals surface area contributed by atoms with E-state index in [1.165, 1.54) is 11.1 Å². The Kier molecular flexibility index (Phi) is 5.18. The zero-order valence-electron chi connectivity index (χ0n) is 15.2. The van der Waals surface area contributed by atoms with E-state index in [-0.39, 0.29) is 12.6 Å². The van der Waals surface area contributed by atoms with Crippen LogP contribution in [0.1, 0.15) is 48.2 Å².